The minimum Gasteiger partial charge on any atom is -0.366 e. The molecular formula is C44H30BrCl4F4N7O2S2. The first-order chi connectivity index (χ1) is 30.7. The van der Waals surface area contributed by atoms with Crippen molar-refractivity contribution in [2.45, 2.75) is 58.2 Å². The minimum absolute atomic E-state index is 0.180. The molecule has 1 saturated carbocycles. The van der Waals surface area contributed by atoms with E-state index in [0.717, 1.165) is 60.7 Å². The molecule has 3 aliphatic heterocycles. The van der Waals surface area contributed by atoms with Crippen molar-refractivity contribution < 1.29 is 27.2 Å². The van der Waals surface area contributed by atoms with Gasteiger partial charge in [0.15, 0.2) is 0 Å². The lowest BCUT2D eigenvalue weighted by Crippen LogP contribution is -2.42. The number of hydrogen-bond acceptors (Lipinski definition) is 7. The average molecular weight is 1050 g/mol. The molecule has 20 heteroatoms. The Morgan fingerprint density at radius 3 is 1.58 bits per heavy atom. The molecule has 328 valence electrons. The van der Waals surface area contributed by atoms with Gasteiger partial charge < -0.3 is 15.5 Å². The van der Waals surface area contributed by atoms with Crippen molar-refractivity contribution in [3.63, 3.8) is 0 Å². The highest BCUT2D eigenvalue weighted by molar-refractivity contribution is 9.10. The quantitative estimate of drug-likeness (QED) is 0.154. The van der Waals surface area contributed by atoms with Gasteiger partial charge in [0.2, 0.25) is 0 Å². The number of anilines is 5. The molecule has 5 heterocycles. The van der Waals surface area contributed by atoms with E-state index in [2.05, 4.69) is 36.4 Å². The normalized spacial score (nSPS) is 17.4. The number of benzene rings is 4. The van der Waals surface area contributed by atoms with Gasteiger partial charge in [0.05, 0.1) is 77.5 Å². The van der Waals surface area contributed by atoms with Crippen molar-refractivity contribution in [1.29, 1.82) is 0 Å². The number of piperidine rings is 1. The van der Waals surface area contributed by atoms with Crippen molar-refractivity contribution in [3.8, 4) is 0 Å². The molecule has 2 N–H and O–H groups in total. The van der Waals surface area contributed by atoms with E-state index in [1.807, 2.05) is 6.07 Å². The van der Waals surface area contributed by atoms with Gasteiger partial charge in [0.25, 0.3) is 0 Å². The SMILES string of the molecule is O=C1NCc2nc(Sc3ccc(F)cc3F)c(Br)cc2N1c1c(Cl)cccc1Cl.O=C1NCc2nc(Sc3ccc(F)cc3F)c(N3CC4CCC3C4)cc2N1c1c(Cl)cccc1Cl. The smallest absolute Gasteiger partial charge is 0.326 e. The topological polar surface area (TPSA) is 93.7 Å². The van der Waals surface area contributed by atoms with Crippen molar-refractivity contribution in [2.24, 2.45) is 5.92 Å². The highest BCUT2D eigenvalue weighted by Gasteiger charge is 2.41. The van der Waals surface area contributed by atoms with Crippen molar-refractivity contribution >= 4 is 126 Å². The maximum atomic E-state index is 14.6. The van der Waals surface area contributed by atoms with Gasteiger partial charge in [0, 0.05) is 34.5 Å². The second-order valence-electron chi connectivity index (χ2n) is 15.0. The van der Waals surface area contributed by atoms with E-state index in [0.29, 0.717) is 80.7 Å². The van der Waals surface area contributed by atoms with Crippen molar-refractivity contribution in [2.75, 3.05) is 21.2 Å². The first kappa shape index (κ1) is 44.8. The maximum Gasteiger partial charge on any atom is 0.326 e. The van der Waals surface area contributed by atoms with Gasteiger partial charge in [-0.05, 0) is 102 Å². The zero-order valence-corrected chi connectivity index (χ0v) is 39.0. The van der Waals surface area contributed by atoms with Crippen LogP contribution in [0.2, 0.25) is 20.1 Å². The number of rotatable bonds is 7. The Kier molecular flexibility index (Phi) is 12.9. The first-order valence-corrected chi connectivity index (χ1v) is 23.5. The second-order valence-corrected chi connectivity index (χ2v) is 19.5. The summed E-state index contributed by atoms with van der Waals surface area (Å²) in [6, 6.07) is 20.2. The molecule has 2 unspecified atom stereocenters. The van der Waals surface area contributed by atoms with Gasteiger partial charge in [-0.1, -0.05) is 82.1 Å². The summed E-state index contributed by atoms with van der Waals surface area (Å²) in [5, 5.41) is 7.94. The van der Waals surface area contributed by atoms with E-state index in [4.69, 9.17) is 51.4 Å². The number of carbonyl (C=O) groups is 2. The largest absolute Gasteiger partial charge is 0.366 e. The third kappa shape index (κ3) is 8.82. The number of hydrogen-bond donors (Lipinski definition) is 2. The Morgan fingerprint density at radius 2 is 1.11 bits per heavy atom. The van der Waals surface area contributed by atoms with Crippen LogP contribution < -0.4 is 25.3 Å². The Labute approximate surface area is 400 Å². The van der Waals surface area contributed by atoms with Crippen LogP contribution in [0, 0.1) is 29.2 Å². The molecule has 9 nitrogen and oxygen atoms in total. The number of halogens is 9. The molecule has 0 spiro atoms. The van der Waals surface area contributed by atoms with Crippen molar-refractivity contribution in [1.82, 2.24) is 20.6 Å². The molecule has 2 atom stereocenters. The summed E-state index contributed by atoms with van der Waals surface area (Å²) in [7, 11) is 0. The van der Waals surface area contributed by atoms with Gasteiger partial charge in [-0.3, -0.25) is 9.80 Å². The molecule has 10 rings (SSSR count). The third-order valence-electron chi connectivity index (χ3n) is 11.0. The summed E-state index contributed by atoms with van der Waals surface area (Å²) in [6.45, 7) is 1.27. The molecule has 1 saturated heterocycles. The number of amides is 4. The van der Waals surface area contributed by atoms with E-state index < -0.39 is 29.3 Å². The van der Waals surface area contributed by atoms with Crippen LogP contribution in [-0.4, -0.2) is 34.6 Å². The van der Waals surface area contributed by atoms with E-state index >= 15 is 0 Å². The van der Waals surface area contributed by atoms with Gasteiger partial charge >= 0.3 is 12.1 Å². The van der Waals surface area contributed by atoms with E-state index in [9.17, 15) is 27.2 Å². The van der Waals surface area contributed by atoms with Crippen LogP contribution >= 0.6 is 85.9 Å². The molecule has 4 aliphatic rings. The number of pyridine rings is 2. The first-order valence-electron chi connectivity index (χ1n) is 19.5. The molecule has 2 fully saturated rings. The summed E-state index contributed by atoms with van der Waals surface area (Å²) < 4.78 is 55.8. The molecular weight excluding hydrogens is 1020 g/mol. The molecule has 0 radical (unpaired) electrons. The van der Waals surface area contributed by atoms with Crippen LogP contribution in [0.3, 0.4) is 0 Å². The third-order valence-corrected chi connectivity index (χ3v) is 15.2. The minimum atomic E-state index is -0.681. The van der Waals surface area contributed by atoms with Crippen LogP contribution in [-0.2, 0) is 13.1 Å². The summed E-state index contributed by atoms with van der Waals surface area (Å²) in [5.41, 5.74) is 3.80. The number of urea groups is 2. The maximum absolute atomic E-state index is 14.6. The van der Waals surface area contributed by atoms with Gasteiger partial charge in [-0.25, -0.2) is 37.1 Å². The monoisotopic (exact) mass is 1050 g/mol. The van der Waals surface area contributed by atoms with E-state index in [-0.39, 0.29) is 28.9 Å². The molecule has 4 amide bonds. The van der Waals surface area contributed by atoms with Crippen LogP contribution in [0.5, 0.6) is 0 Å². The molecule has 2 aromatic heterocycles. The van der Waals surface area contributed by atoms with Gasteiger partial charge in [-0.15, -0.1) is 0 Å². The van der Waals surface area contributed by atoms with Crippen LogP contribution in [0.25, 0.3) is 0 Å². The highest BCUT2D eigenvalue weighted by atomic mass is 79.9. The number of nitrogens with one attached hydrogen (secondary N) is 2. The second kappa shape index (κ2) is 18.5. The lowest BCUT2D eigenvalue weighted by atomic mass is 10.1. The fraction of sp³-hybridized carbons (Fsp3) is 0.182. The summed E-state index contributed by atoms with van der Waals surface area (Å²) >= 11 is 31.1. The van der Waals surface area contributed by atoms with Crippen LogP contribution in [0.1, 0.15) is 30.7 Å². The van der Waals surface area contributed by atoms with Gasteiger partial charge in [-0.2, -0.15) is 0 Å². The number of para-hydroxylation sites is 2. The van der Waals surface area contributed by atoms with Crippen LogP contribution in [0.4, 0.5) is 55.6 Å². The Bertz CT molecular complexity index is 2850. The zero-order valence-electron chi connectivity index (χ0n) is 32.8. The zero-order chi connectivity index (χ0) is 45.0. The van der Waals surface area contributed by atoms with Crippen molar-refractivity contribution in [3.05, 3.63) is 144 Å². The molecule has 64 heavy (non-hydrogen) atoms. The standard InChI is InChI=1S/C25H20Cl2F2N4OS.C19H10BrCl2F2N3OS/c26-16-2-1-3-17(27)23(16)33-20-10-21(32-12-13-4-6-15(32)8-13)24(31-19(20)11-30-25(33)34)35-22-7-5-14(28)9-18(22)29;20-10-7-15-14(26-18(10)29-16-5-4-9(23)6-13(16)24)8-25-19(28)27(15)17-11(21)2-1-3-12(17)22/h1-3,5,7,9-10,13,15H,4,6,8,11-12H2,(H,30,34);1-7H,8H2,(H,25,28). The predicted octanol–water partition coefficient (Wildman–Crippen LogP) is 14.1. The molecule has 6 aromatic rings. The number of carbonyl (C=O) groups excluding carboxylic acids is 2. The summed E-state index contributed by atoms with van der Waals surface area (Å²) in [4.78, 5) is 40.7. The highest BCUT2D eigenvalue weighted by Crippen LogP contribution is 2.49. The molecule has 4 aromatic carbocycles. The lowest BCUT2D eigenvalue weighted by Gasteiger charge is -2.35. The van der Waals surface area contributed by atoms with Crippen LogP contribution in [0.15, 0.2) is 109 Å². The average Bonchev–Trinajstić information content (AvgIpc) is 3.89. The van der Waals surface area contributed by atoms with E-state index in [1.165, 1.54) is 40.5 Å². The fourth-order valence-electron chi connectivity index (χ4n) is 8.10. The van der Waals surface area contributed by atoms with Gasteiger partial charge in [0.1, 0.15) is 33.3 Å². The molecule has 1 aliphatic carbocycles. The lowest BCUT2D eigenvalue weighted by molar-refractivity contribution is 0.246. The van der Waals surface area contributed by atoms with E-state index in [1.54, 1.807) is 42.5 Å². The Hall–Kier alpha value is -4.42. The Balaban J connectivity index is 0.000000165. The fourth-order valence-corrected chi connectivity index (χ4v) is 11.5. The number of nitrogens with zero attached hydrogens (tertiary/aromatic N) is 5. The number of fused-ring (bicyclic) bond motifs is 4. The molecule has 2 bridgehead atoms. The summed E-state index contributed by atoms with van der Waals surface area (Å²) in [6.07, 6.45) is 3.38. The summed E-state index contributed by atoms with van der Waals surface area (Å²) in [5.74, 6) is -1.99. The number of aromatic nitrogens is 2. The Morgan fingerprint density at radius 1 is 0.625 bits per heavy atom. The predicted molar refractivity (Wildman–Crippen MR) is 247 cm³/mol.